The first-order valence-electron chi connectivity index (χ1n) is 3.55. The first-order chi connectivity index (χ1) is 5.84. The fourth-order valence-electron chi connectivity index (χ4n) is 1.01. The molecule has 2 aromatic rings. The molecule has 2 aromatic heterocycles. The molecule has 0 aliphatic carbocycles. The molecule has 4 heteroatoms. The first-order valence-corrected chi connectivity index (χ1v) is 5.38. The molecule has 0 aliphatic rings. The molecule has 0 amide bonds. The molecule has 0 saturated carbocycles. The fourth-order valence-corrected chi connectivity index (χ4v) is 2.24. The van der Waals surface area contributed by atoms with E-state index >= 15 is 0 Å². The van der Waals surface area contributed by atoms with E-state index in [-0.39, 0.29) is 0 Å². The van der Waals surface area contributed by atoms with Crippen molar-refractivity contribution in [3.8, 4) is 0 Å². The summed E-state index contributed by atoms with van der Waals surface area (Å²) in [4.78, 5) is 4.19. The van der Waals surface area contributed by atoms with Crippen molar-refractivity contribution in [1.82, 2.24) is 4.98 Å². The van der Waals surface area contributed by atoms with E-state index in [1.165, 1.54) is 16.9 Å². The Hall–Kier alpha value is -0.870. The molecule has 12 heavy (non-hydrogen) atoms. The van der Waals surface area contributed by atoms with Crippen LogP contribution in [-0.4, -0.2) is 4.98 Å². The van der Waals surface area contributed by atoms with Gasteiger partial charge in [0.15, 0.2) is 5.13 Å². The van der Waals surface area contributed by atoms with E-state index in [1.807, 2.05) is 5.38 Å². The number of anilines is 1. The molecule has 62 valence electrons. The van der Waals surface area contributed by atoms with Crippen molar-refractivity contribution in [2.45, 2.75) is 6.42 Å². The lowest BCUT2D eigenvalue weighted by Gasteiger charge is -1.90. The standard InChI is InChI=1S/C8H8N2S2/c9-8-10-7(5-12-8)3-6-1-2-11-4-6/h1-2,4-5H,3H2,(H2,9,10). The second-order valence-corrected chi connectivity index (χ2v) is 4.16. The van der Waals surface area contributed by atoms with Crippen LogP contribution in [0.5, 0.6) is 0 Å². The highest BCUT2D eigenvalue weighted by Crippen LogP contribution is 2.16. The Kier molecular flexibility index (Phi) is 2.10. The summed E-state index contributed by atoms with van der Waals surface area (Å²) in [5, 5.41) is 6.87. The van der Waals surface area contributed by atoms with Gasteiger partial charge in [0.2, 0.25) is 0 Å². The summed E-state index contributed by atoms with van der Waals surface area (Å²) in [7, 11) is 0. The van der Waals surface area contributed by atoms with Crippen molar-refractivity contribution in [3.63, 3.8) is 0 Å². The van der Waals surface area contributed by atoms with E-state index in [1.54, 1.807) is 11.3 Å². The summed E-state index contributed by atoms with van der Waals surface area (Å²) in [6.45, 7) is 0. The highest BCUT2D eigenvalue weighted by molar-refractivity contribution is 7.13. The molecule has 0 atom stereocenters. The zero-order valence-electron chi connectivity index (χ0n) is 6.36. The molecular formula is C8H8N2S2. The van der Waals surface area contributed by atoms with Crippen molar-refractivity contribution >= 4 is 27.8 Å². The van der Waals surface area contributed by atoms with Crippen molar-refractivity contribution in [3.05, 3.63) is 33.5 Å². The van der Waals surface area contributed by atoms with Crippen molar-refractivity contribution in [2.75, 3.05) is 5.73 Å². The number of nitrogens with zero attached hydrogens (tertiary/aromatic N) is 1. The average Bonchev–Trinajstić information content (AvgIpc) is 2.63. The fraction of sp³-hybridized carbons (Fsp3) is 0.125. The summed E-state index contributed by atoms with van der Waals surface area (Å²) in [6, 6.07) is 2.11. The summed E-state index contributed by atoms with van der Waals surface area (Å²) >= 11 is 3.21. The number of rotatable bonds is 2. The van der Waals surface area contributed by atoms with Gasteiger partial charge in [-0.1, -0.05) is 0 Å². The van der Waals surface area contributed by atoms with Gasteiger partial charge in [-0.2, -0.15) is 11.3 Å². The van der Waals surface area contributed by atoms with Gasteiger partial charge >= 0.3 is 0 Å². The van der Waals surface area contributed by atoms with Crippen LogP contribution < -0.4 is 5.73 Å². The monoisotopic (exact) mass is 196 g/mol. The van der Waals surface area contributed by atoms with E-state index in [2.05, 4.69) is 21.8 Å². The summed E-state index contributed by atoms with van der Waals surface area (Å²) in [5.41, 5.74) is 7.89. The predicted octanol–water partition coefficient (Wildman–Crippen LogP) is 2.38. The lowest BCUT2D eigenvalue weighted by Crippen LogP contribution is -1.87. The SMILES string of the molecule is Nc1nc(Cc2ccsc2)cs1. The van der Waals surface area contributed by atoms with Crippen LogP contribution in [0.25, 0.3) is 0 Å². The number of hydrogen-bond acceptors (Lipinski definition) is 4. The maximum absolute atomic E-state index is 5.52. The molecule has 0 saturated heterocycles. The van der Waals surface area contributed by atoms with Crippen LogP contribution in [0, 0.1) is 0 Å². The zero-order valence-corrected chi connectivity index (χ0v) is 7.99. The Balaban J connectivity index is 2.14. The minimum Gasteiger partial charge on any atom is -0.375 e. The lowest BCUT2D eigenvalue weighted by atomic mass is 10.2. The lowest BCUT2D eigenvalue weighted by molar-refractivity contribution is 1.12. The van der Waals surface area contributed by atoms with Gasteiger partial charge in [-0.3, -0.25) is 0 Å². The van der Waals surface area contributed by atoms with Crippen LogP contribution in [0.3, 0.4) is 0 Å². The number of nitrogen functional groups attached to an aromatic ring is 1. The molecule has 0 spiro atoms. The number of thiophene rings is 1. The molecule has 2 nitrogen and oxygen atoms in total. The van der Waals surface area contributed by atoms with E-state index in [4.69, 9.17) is 5.73 Å². The van der Waals surface area contributed by atoms with Crippen molar-refractivity contribution in [2.24, 2.45) is 0 Å². The van der Waals surface area contributed by atoms with Crippen molar-refractivity contribution < 1.29 is 0 Å². The average molecular weight is 196 g/mol. The van der Waals surface area contributed by atoms with E-state index in [0.29, 0.717) is 5.13 Å². The van der Waals surface area contributed by atoms with Gasteiger partial charge in [-0.05, 0) is 22.4 Å². The van der Waals surface area contributed by atoms with Gasteiger partial charge in [0.25, 0.3) is 0 Å². The molecule has 0 bridgehead atoms. The molecule has 2 rings (SSSR count). The van der Waals surface area contributed by atoms with Crippen LogP contribution in [0.15, 0.2) is 22.2 Å². The smallest absolute Gasteiger partial charge is 0.180 e. The maximum Gasteiger partial charge on any atom is 0.180 e. The highest BCUT2D eigenvalue weighted by Gasteiger charge is 2.00. The third-order valence-corrected chi connectivity index (χ3v) is 2.99. The minimum absolute atomic E-state index is 0.653. The molecular weight excluding hydrogens is 188 g/mol. The molecule has 0 aliphatic heterocycles. The highest BCUT2D eigenvalue weighted by atomic mass is 32.1. The van der Waals surface area contributed by atoms with Crippen molar-refractivity contribution in [1.29, 1.82) is 0 Å². The Morgan fingerprint density at radius 2 is 2.33 bits per heavy atom. The Morgan fingerprint density at radius 1 is 1.42 bits per heavy atom. The van der Waals surface area contributed by atoms with Gasteiger partial charge in [-0.25, -0.2) is 4.98 Å². The van der Waals surface area contributed by atoms with Crippen LogP contribution >= 0.6 is 22.7 Å². The minimum atomic E-state index is 0.653. The number of thiazole rings is 1. The Bertz CT molecular complexity index is 351. The predicted molar refractivity (Wildman–Crippen MR) is 53.7 cm³/mol. The first kappa shape index (κ1) is 7.76. The van der Waals surface area contributed by atoms with Gasteiger partial charge in [0.1, 0.15) is 0 Å². The summed E-state index contributed by atoms with van der Waals surface area (Å²) in [6.07, 6.45) is 0.900. The number of aromatic nitrogens is 1. The van der Waals surface area contributed by atoms with E-state index in [9.17, 15) is 0 Å². The van der Waals surface area contributed by atoms with Gasteiger partial charge in [0.05, 0.1) is 5.69 Å². The zero-order chi connectivity index (χ0) is 8.39. The third-order valence-electron chi connectivity index (χ3n) is 1.53. The van der Waals surface area contributed by atoms with E-state index in [0.717, 1.165) is 12.1 Å². The van der Waals surface area contributed by atoms with Gasteiger partial charge in [-0.15, -0.1) is 11.3 Å². The van der Waals surface area contributed by atoms with E-state index < -0.39 is 0 Å². The van der Waals surface area contributed by atoms with Crippen LogP contribution in [0.4, 0.5) is 5.13 Å². The normalized spacial score (nSPS) is 10.3. The molecule has 0 aromatic carbocycles. The molecule has 0 unspecified atom stereocenters. The molecule has 2 heterocycles. The van der Waals surface area contributed by atoms with Crippen LogP contribution in [0.2, 0.25) is 0 Å². The number of nitrogens with two attached hydrogens (primary N) is 1. The number of hydrogen-bond donors (Lipinski definition) is 1. The Labute approximate surface area is 78.7 Å². The quantitative estimate of drug-likeness (QED) is 0.801. The second-order valence-electron chi connectivity index (χ2n) is 2.49. The largest absolute Gasteiger partial charge is 0.375 e. The topological polar surface area (TPSA) is 38.9 Å². The molecule has 2 N–H and O–H groups in total. The second kappa shape index (κ2) is 3.25. The van der Waals surface area contributed by atoms with Crippen LogP contribution in [-0.2, 0) is 6.42 Å². The Morgan fingerprint density at radius 3 is 2.92 bits per heavy atom. The van der Waals surface area contributed by atoms with Gasteiger partial charge < -0.3 is 5.73 Å². The summed E-state index contributed by atoms with van der Waals surface area (Å²) < 4.78 is 0. The molecule has 0 fully saturated rings. The van der Waals surface area contributed by atoms with Crippen LogP contribution in [0.1, 0.15) is 11.3 Å². The molecule has 0 radical (unpaired) electrons. The summed E-state index contributed by atoms with van der Waals surface area (Å²) in [5.74, 6) is 0. The van der Waals surface area contributed by atoms with Gasteiger partial charge in [0, 0.05) is 11.8 Å². The maximum atomic E-state index is 5.52. The third kappa shape index (κ3) is 1.65.